The van der Waals surface area contributed by atoms with E-state index in [9.17, 15) is 0 Å². The van der Waals surface area contributed by atoms with Crippen LogP contribution in [0.25, 0.3) is 0 Å². The van der Waals surface area contributed by atoms with Crippen molar-refractivity contribution in [1.29, 1.82) is 0 Å². The van der Waals surface area contributed by atoms with Crippen molar-refractivity contribution in [2.24, 2.45) is 4.99 Å². The fourth-order valence-electron chi connectivity index (χ4n) is 2.26. The average molecular weight is 332 g/mol. The van der Waals surface area contributed by atoms with Crippen LogP contribution in [0.1, 0.15) is 73.1 Å². The standard InChI is InChI=1S/C21H33NS/c1-7-21(6,22-17-23)16-10-15-20(5)14-9-13-19(4)12-8-11-18(2)3/h7,11,13,15H,1,8-10,12,14,16H2,2-6H3/b19-13+,20-15+. The first-order chi connectivity index (χ1) is 10.8. The number of hydrogen-bond acceptors (Lipinski definition) is 2. The third-order valence-electron chi connectivity index (χ3n) is 4.01. The zero-order valence-corrected chi connectivity index (χ0v) is 16.4. The second-order valence-corrected chi connectivity index (χ2v) is 6.95. The van der Waals surface area contributed by atoms with E-state index >= 15 is 0 Å². The molecular formula is C21H33NS. The zero-order chi connectivity index (χ0) is 17.7. The molecule has 0 amide bonds. The van der Waals surface area contributed by atoms with Crippen LogP contribution in [0, 0.1) is 0 Å². The molecule has 0 rings (SSSR count). The van der Waals surface area contributed by atoms with E-state index in [1.807, 2.05) is 13.0 Å². The second-order valence-electron chi connectivity index (χ2n) is 6.76. The van der Waals surface area contributed by atoms with Gasteiger partial charge in [-0.15, -0.1) is 6.58 Å². The van der Waals surface area contributed by atoms with E-state index in [0.29, 0.717) is 0 Å². The predicted octanol–water partition coefficient (Wildman–Crippen LogP) is 7.23. The minimum Gasteiger partial charge on any atom is -0.222 e. The summed E-state index contributed by atoms with van der Waals surface area (Å²) in [7, 11) is 0. The molecule has 128 valence electrons. The maximum Gasteiger partial charge on any atom is 0.0862 e. The van der Waals surface area contributed by atoms with Crippen LogP contribution < -0.4 is 0 Å². The summed E-state index contributed by atoms with van der Waals surface area (Å²) >= 11 is 4.70. The Kier molecular flexibility index (Phi) is 11.6. The molecule has 23 heavy (non-hydrogen) atoms. The van der Waals surface area contributed by atoms with E-state index in [0.717, 1.165) is 32.1 Å². The number of rotatable bonds is 11. The lowest BCUT2D eigenvalue weighted by Gasteiger charge is -2.17. The van der Waals surface area contributed by atoms with Crippen molar-refractivity contribution < 1.29 is 0 Å². The Morgan fingerprint density at radius 1 is 1.00 bits per heavy atom. The van der Waals surface area contributed by atoms with Crippen LogP contribution in [0.4, 0.5) is 0 Å². The van der Waals surface area contributed by atoms with Crippen LogP contribution in [0.15, 0.2) is 52.6 Å². The molecule has 0 saturated carbocycles. The van der Waals surface area contributed by atoms with Gasteiger partial charge in [0.2, 0.25) is 0 Å². The summed E-state index contributed by atoms with van der Waals surface area (Å²) in [5.74, 6) is 0. The van der Waals surface area contributed by atoms with E-state index in [1.165, 1.54) is 23.1 Å². The maximum atomic E-state index is 4.70. The van der Waals surface area contributed by atoms with Crippen molar-refractivity contribution in [1.82, 2.24) is 0 Å². The van der Waals surface area contributed by atoms with Crippen molar-refractivity contribution in [2.45, 2.75) is 78.7 Å². The smallest absolute Gasteiger partial charge is 0.0862 e. The molecule has 0 spiro atoms. The van der Waals surface area contributed by atoms with E-state index in [1.54, 1.807) is 0 Å². The van der Waals surface area contributed by atoms with Crippen molar-refractivity contribution in [2.75, 3.05) is 0 Å². The summed E-state index contributed by atoms with van der Waals surface area (Å²) in [6.07, 6.45) is 15.3. The number of nitrogens with zero attached hydrogens (tertiary/aromatic N) is 1. The van der Waals surface area contributed by atoms with E-state index in [2.05, 4.69) is 62.7 Å². The Balaban J connectivity index is 4.18. The van der Waals surface area contributed by atoms with Gasteiger partial charge < -0.3 is 0 Å². The molecule has 0 aromatic carbocycles. The molecule has 0 aromatic heterocycles. The molecule has 2 heteroatoms. The van der Waals surface area contributed by atoms with Gasteiger partial charge in [-0.1, -0.05) is 41.0 Å². The molecule has 0 aromatic rings. The summed E-state index contributed by atoms with van der Waals surface area (Å²) in [6.45, 7) is 14.6. The first-order valence-corrected chi connectivity index (χ1v) is 8.91. The normalized spacial score (nSPS) is 14.7. The van der Waals surface area contributed by atoms with Gasteiger partial charge in [0.25, 0.3) is 0 Å². The molecule has 0 heterocycles. The SMILES string of the molecule is C=CC(C)(CC/C=C(\C)CC/C=C(\C)CCC=C(C)C)N=C=S. The first kappa shape index (κ1) is 21.8. The Hall–Kier alpha value is -1.24. The molecule has 0 aliphatic rings. The van der Waals surface area contributed by atoms with Crippen LogP contribution in [0.2, 0.25) is 0 Å². The molecule has 0 radical (unpaired) electrons. The van der Waals surface area contributed by atoms with Gasteiger partial charge in [-0.05, 0) is 85.4 Å². The Morgan fingerprint density at radius 2 is 1.52 bits per heavy atom. The van der Waals surface area contributed by atoms with Gasteiger partial charge in [0.15, 0.2) is 0 Å². The number of allylic oxidation sites excluding steroid dienone is 6. The third kappa shape index (κ3) is 11.9. The van der Waals surface area contributed by atoms with Crippen LogP contribution in [-0.4, -0.2) is 10.7 Å². The Morgan fingerprint density at radius 3 is 2.00 bits per heavy atom. The highest BCUT2D eigenvalue weighted by Crippen LogP contribution is 2.20. The molecule has 1 unspecified atom stereocenters. The minimum atomic E-state index is -0.278. The number of isothiocyanates is 1. The molecular weight excluding hydrogens is 298 g/mol. The lowest BCUT2D eigenvalue weighted by Crippen LogP contribution is -2.17. The minimum absolute atomic E-state index is 0.278. The summed E-state index contributed by atoms with van der Waals surface area (Å²) in [4.78, 5) is 4.20. The lowest BCUT2D eigenvalue weighted by atomic mass is 9.96. The maximum absolute atomic E-state index is 4.70. The lowest BCUT2D eigenvalue weighted by molar-refractivity contribution is 0.546. The molecule has 1 nitrogen and oxygen atoms in total. The van der Waals surface area contributed by atoms with Crippen LogP contribution in [0.3, 0.4) is 0 Å². The van der Waals surface area contributed by atoms with Crippen LogP contribution >= 0.6 is 12.2 Å². The summed E-state index contributed by atoms with van der Waals surface area (Å²) < 4.78 is 0. The summed E-state index contributed by atoms with van der Waals surface area (Å²) in [5, 5.41) is 2.47. The van der Waals surface area contributed by atoms with Gasteiger partial charge in [0, 0.05) is 0 Å². The van der Waals surface area contributed by atoms with E-state index < -0.39 is 0 Å². The molecule has 0 N–H and O–H groups in total. The highest BCUT2D eigenvalue weighted by molar-refractivity contribution is 7.78. The fourth-order valence-corrected chi connectivity index (χ4v) is 2.47. The second kappa shape index (κ2) is 12.2. The zero-order valence-electron chi connectivity index (χ0n) is 15.6. The van der Waals surface area contributed by atoms with E-state index in [-0.39, 0.29) is 5.54 Å². The largest absolute Gasteiger partial charge is 0.222 e. The highest BCUT2D eigenvalue weighted by atomic mass is 32.1. The van der Waals surface area contributed by atoms with Gasteiger partial charge in [-0.25, -0.2) is 4.99 Å². The van der Waals surface area contributed by atoms with Gasteiger partial charge in [-0.3, -0.25) is 0 Å². The average Bonchev–Trinajstić information content (AvgIpc) is 2.47. The molecule has 0 bridgehead atoms. The molecule has 0 fully saturated rings. The number of hydrogen-bond donors (Lipinski definition) is 0. The van der Waals surface area contributed by atoms with E-state index in [4.69, 9.17) is 12.2 Å². The number of aliphatic imine (C=N–C) groups is 1. The molecule has 0 aliphatic carbocycles. The molecule has 1 atom stereocenters. The van der Waals surface area contributed by atoms with Crippen LogP contribution in [-0.2, 0) is 0 Å². The topological polar surface area (TPSA) is 12.4 Å². The van der Waals surface area contributed by atoms with Gasteiger partial charge >= 0.3 is 0 Å². The van der Waals surface area contributed by atoms with Gasteiger partial charge in [-0.2, -0.15) is 0 Å². The monoisotopic (exact) mass is 331 g/mol. The Labute approximate surface area is 149 Å². The van der Waals surface area contributed by atoms with Crippen molar-refractivity contribution in [3.63, 3.8) is 0 Å². The molecule has 0 aliphatic heterocycles. The third-order valence-corrected chi connectivity index (χ3v) is 4.10. The predicted molar refractivity (Wildman–Crippen MR) is 108 cm³/mol. The summed E-state index contributed by atoms with van der Waals surface area (Å²) in [5.41, 5.74) is 4.06. The van der Waals surface area contributed by atoms with Gasteiger partial charge in [0.05, 0.1) is 10.7 Å². The van der Waals surface area contributed by atoms with Crippen molar-refractivity contribution >= 4 is 17.4 Å². The number of thiocarbonyl (C=S) groups is 1. The summed E-state index contributed by atoms with van der Waals surface area (Å²) in [6, 6.07) is 0. The van der Waals surface area contributed by atoms with Gasteiger partial charge in [0.1, 0.15) is 0 Å². The van der Waals surface area contributed by atoms with Crippen molar-refractivity contribution in [3.8, 4) is 0 Å². The van der Waals surface area contributed by atoms with Crippen LogP contribution in [0.5, 0.6) is 0 Å². The van der Waals surface area contributed by atoms with Crippen molar-refractivity contribution in [3.05, 3.63) is 47.6 Å². The first-order valence-electron chi connectivity index (χ1n) is 8.50. The highest BCUT2D eigenvalue weighted by Gasteiger charge is 2.16. The Bertz CT molecular complexity index is 500. The quantitative estimate of drug-likeness (QED) is 0.221. The fraction of sp³-hybridized carbons (Fsp3) is 0.571. The molecule has 0 saturated heterocycles.